The largest absolute Gasteiger partial charge is 0.399 e. The first kappa shape index (κ1) is 13.5. The van der Waals surface area contributed by atoms with Gasteiger partial charge in [0.1, 0.15) is 5.69 Å². The van der Waals surface area contributed by atoms with Gasteiger partial charge in [0.15, 0.2) is 5.75 Å². The fourth-order valence-corrected chi connectivity index (χ4v) is 2.80. The SMILES string of the molecule is Nc1cccc(-c2ccc3c(c2-c2cccc(N)c2)NOO3)c1. The van der Waals surface area contributed by atoms with Gasteiger partial charge in [-0.25, -0.2) is 5.48 Å². The quantitative estimate of drug-likeness (QED) is 0.495. The number of anilines is 3. The van der Waals surface area contributed by atoms with Crippen molar-refractivity contribution in [3.8, 4) is 28.0 Å². The van der Waals surface area contributed by atoms with Crippen molar-refractivity contribution in [1.29, 1.82) is 0 Å². The van der Waals surface area contributed by atoms with Gasteiger partial charge < -0.3 is 16.4 Å². The summed E-state index contributed by atoms with van der Waals surface area (Å²) >= 11 is 0. The monoisotopic (exact) mass is 305 g/mol. The van der Waals surface area contributed by atoms with Crippen molar-refractivity contribution >= 4 is 17.1 Å². The Hall–Kier alpha value is -3.18. The van der Waals surface area contributed by atoms with E-state index in [1.807, 2.05) is 60.7 Å². The molecule has 0 radical (unpaired) electrons. The van der Waals surface area contributed by atoms with E-state index in [2.05, 4.69) is 5.48 Å². The van der Waals surface area contributed by atoms with Gasteiger partial charge in [0.05, 0.1) is 0 Å². The van der Waals surface area contributed by atoms with Gasteiger partial charge in [0, 0.05) is 16.9 Å². The van der Waals surface area contributed by atoms with Crippen LogP contribution in [0.25, 0.3) is 22.3 Å². The molecule has 0 unspecified atom stereocenters. The van der Waals surface area contributed by atoms with E-state index in [0.29, 0.717) is 17.1 Å². The maximum Gasteiger partial charge on any atom is 0.194 e. The van der Waals surface area contributed by atoms with Gasteiger partial charge in [-0.3, -0.25) is 0 Å². The van der Waals surface area contributed by atoms with Crippen LogP contribution in [-0.2, 0) is 4.99 Å². The van der Waals surface area contributed by atoms with Gasteiger partial charge in [-0.1, -0.05) is 29.3 Å². The third kappa shape index (κ3) is 2.33. The molecule has 0 saturated heterocycles. The normalized spacial score (nSPS) is 12.3. The Balaban J connectivity index is 2.00. The number of nitrogen functional groups attached to an aromatic ring is 2. The van der Waals surface area contributed by atoms with Crippen molar-refractivity contribution in [2.45, 2.75) is 0 Å². The third-order valence-corrected chi connectivity index (χ3v) is 3.82. The van der Waals surface area contributed by atoms with Crippen molar-refractivity contribution in [2.75, 3.05) is 16.9 Å². The second kappa shape index (κ2) is 5.23. The lowest BCUT2D eigenvalue weighted by Crippen LogP contribution is -1.95. The summed E-state index contributed by atoms with van der Waals surface area (Å²) in [5.74, 6) is 0.634. The molecule has 3 aromatic carbocycles. The smallest absolute Gasteiger partial charge is 0.194 e. The van der Waals surface area contributed by atoms with Gasteiger partial charge in [-0.15, -0.1) is 0 Å². The van der Waals surface area contributed by atoms with E-state index >= 15 is 0 Å². The molecule has 5 N–H and O–H groups in total. The van der Waals surface area contributed by atoms with E-state index in [1.54, 1.807) is 0 Å². The Morgan fingerprint density at radius 3 is 2.22 bits per heavy atom. The molecule has 0 aromatic heterocycles. The summed E-state index contributed by atoms with van der Waals surface area (Å²) in [4.78, 5) is 10.1. The van der Waals surface area contributed by atoms with Gasteiger partial charge in [-0.2, -0.15) is 0 Å². The van der Waals surface area contributed by atoms with Crippen molar-refractivity contribution in [3.63, 3.8) is 0 Å². The van der Waals surface area contributed by atoms with E-state index in [9.17, 15) is 0 Å². The molecular formula is C18H15N3O2. The molecular weight excluding hydrogens is 290 g/mol. The van der Waals surface area contributed by atoms with E-state index in [-0.39, 0.29) is 0 Å². The average molecular weight is 305 g/mol. The number of fused-ring (bicyclic) bond motifs is 1. The summed E-state index contributed by atoms with van der Waals surface area (Å²) in [6, 6.07) is 19.3. The van der Waals surface area contributed by atoms with Crippen LogP contribution >= 0.6 is 0 Å². The minimum atomic E-state index is 0.634. The summed E-state index contributed by atoms with van der Waals surface area (Å²) in [5, 5.41) is 0. The summed E-state index contributed by atoms with van der Waals surface area (Å²) < 4.78 is 0. The number of nitrogens with two attached hydrogens (primary N) is 2. The average Bonchev–Trinajstić information content (AvgIpc) is 3.02. The van der Waals surface area contributed by atoms with Gasteiger partial charge in [0.2, 0.25) is 0 Å². The second-order valence-electron chi connectivity index (χ2n) is 5.38. The highest BCUT2D eigenvalue weighted by Crippen LogP contribution is 2.45. The Morgan fingerprint density at radius 2 is 1.48 bits per heavy atom. The van der Waals surface area contributed by atoms with Gasteiger partial charge >= 0.3 is 0 Å². The first-order valence-corrected chi connectivity index (χ1v) is 7.21. The molecule has 0 aliphatic carbocycles. The Bertz CT molecular complexity index is 893. The van der Waals surface area contributed by atoms with E-state index in [4.69, 9.17) is 21.3 Å². The molecule has 3 aromatic rings. The molecule has 0 atom stereocenters. The van der Waals surface area contributed by atoms with Crippen LogP contribution in [0, 0.1) is 0 Å². The number of hydrogen-bond acceptors (Lipinski definition) is 5. The molecule has 1 aliphatic rings. The van der Waals surface area contributed by atoms with Gasteiger partial charge in [0.25, 0.3) is 0 Å². The van der Waals surface area contributed by atoms with E-state index in [1.165, 1.54) is 0 Å². The highest BCUT2D eigenvalue weighted by Gasteiger charge is 2.22. The number of hydrogen-bond donors (Lipinski definition) is 3. The predicted octanol–water partition coefficient (Wildman–Crippen LogP) is 3.84. The van der Waals surface area contributed by atoms with Crippen molar-refractivity contribution in [2.24, 2.45) is 0 Å². The fraction of sp³-hybridized carbons (Fsp3) is 0. The predicted molar refractivity (Wildman–Crippen MR) is 91.5 cm³/mol. The summed E-state index contributed by atoms with van der Waals surface area (Å²) in [6.45, 7) is 0. The van der Waals surface area contributed by atoms with Crippen LogP contribution in [-0.4, -0.2) is 0 Å². The molecule has 5 nitrogen and oxygen atoms in total. The maximum atomic E-state index is 5.95. The zero-order chi connectivity index (χ0) is 15.8. The fourth-order valence-electron chi connectivity index (χ4n) is 2.80. The summed E-state index contributed by atoms with van der Waals surface area (Å²) in [6.07, 6.45) is 0. The zero-order valence-corrected chi connectivity index (χ0v) is 12.2. The first-order chi connectivity index (χ1) is 11.2. The number of rotatable bonds is 2. The summed E-state index contributed by atoms with van der Waals surface area (Å²) in [5.41, 5.74) is 20.8. The van der Waals surface area contributed by atoms with Crippen LogP contribution in [0.3, 0.4) is 0 Å². The molecule has 0 amide bonds. The lowest BCUT2D eigenvalue weighted by atomic mass is 9.92. The highest BCUT2D eigenvalue weighted by molar-refractivity contribution is 5.95. The lowest BCUT2D eigenvalue weighted by Gasteiger charge is -2.14. The van der Waals surface area contributed by atoms with Crippen LogP contribution in [0.5, 0.6) is 5.75 Å². The second-order valence-corrected chi connectivity index (χ2v) is 5.38. The van der Waals surface area contributed by atoms with Crippen LogP contribution < -0.4 is 21.8 Å². The molecule has 1 aliphatic heterocycles. The molecule has 0 fully saturated rings. The Morgan fingerprint density at radius 1 is 0.783 bits per heavy atom. The highest BCUT2D eigenvalue weighted by atomic mass is 17.3. The van der Waals surface area contributed by atoms with E-state index in [0.717, 1.165) is 27.9 Å². The van der Waals surface area contributed by atoms with E-state index < -0.39 is 0 Å². The van der Waals surface area contributed by atoms with Crippen LogP contribution in [0.4, 0.5) is 17.1 Å². The first-order valence-electron chi connectivity index (χ1n) is 7.21. The molecule has 1 heterocycles. The minimum Gasteiger partial charge on any atom is -0.399 e. The Labute approximate surface area is 133 Å². The number of nitrogens with one attached hydrogen (secondary N) is 1. The molecule has 23 heavy (non-hydrogen) atoms. The van der Waals surface area contributed by atoms with Crippen LogP contribution in [0.15, 0.2) is 60.7 Å². The lowest BCUT2D eigenvalue weighted by molar-refractivity contribution is -0.160. The Kier molecular flexibility index (Phi) is 3.06. The molecule has 5 heteroatoms. The number of benzene rings is 3. The molecule has 0 spiro atoms. The standard InChI is InChI=1S/C18H15N3O2/c19-13-5-1-3-11(9-13)15-7-8-16-18(21-23-22-16)17(15)12-4-2-6-14(20)10-12/h1-10,21H,19-20H2. The molecule has 0 saturated carbocycles. The van der Waals surface area contributed by atoms with Crippen molar-refractivity contribution < 1.29 is 9.88 Å². The van der Waals surface area contributed by atoms with Crippen LogP contribution in [0.1, 0.15) is 0 Å². The van der Waals surface area contributed by atoms with Crippen molar-refractivity contribution in [3.05, 3.63) is 60.7 Å². The minimum absolute atomic E-state index is 0.634. The topological polar surface area (TPSA) is 82.5 Å². The molecule has 4 rings (SSSR count). The van der Waals surface area contributed by atoms with Crippen molar-refractivity contribution in [1.82, 2.24) is 0 Å². The van der Waals surface area contributed by atoms with Crippen LogP contribution in [0.2, 0.25) is 0 Å². The maximum absolute atomic E-state index is 5.95. The molecule has 114 valence electrons. The molecule has 0 bridgehead atoms. The zero-order valence-electron chi connectivity index (χ0n) is 12.2. The third-order valence-electron chi connectivity index (χ3n) is 3.82. The summed E-state index contributed by atoms with van der Waals surface area (Å²) in [7, 11) is 0. The van der Waals surface area contributed by atoms with Gasteiger partial charge in [-0.05, 0) is 53.1 Å².